The molecule has 0 aliphatic rings. The Bertz CT molecular complexity index is 399. The highest BCUT2D eigenvalue weighted by molar-refractivity contribution is 14.1. The zero-order valence-corrected chi connectivity index (χ0v) is 9.70. The van der Waals surface area contributed by atoms with E-state index >= 15 is 0 Å². The lowest BCUT2D eigenvalue weighted by molar-refractivity contribution is 1.80. The summed E-state index contributed by atoms with van der Waals surface area (Å²) in [7, 11) is 0. The Morgan fingerprint density at radius 2 is 2.17 bits per heavy atom. The van der Waals surface area contributed by atoms with Crippen LogP contribution < -0.4 is 5.73 Å². The molecule has 0 saturated carbocycles. The SMILES string of the molecule is Nc1ccc(Cl)c2cc(I)sc12. The predicted octanol–water partition coefficient (Wildman–Crippen LogP) is 3.74. The van der Waals surface area contributed by atoms with Crippen LogP contribution in [0, 0.1) is 2.88 Å². The molecule has 0 amide bonds. The number of nitrogens with two attached hydrogens (primary N) is 1. The van der Waals surface area contributed by atoms with E-state index < -0.39 is 0 Å². The van der Waals surface area contributed by atoms with Gasteiger partial charge in [-0.1, -0.05) is 11.6 Å². The van der Waals surface area contributed by atoms with Gasteiger partial charge in [0.2, 0.25) is 0 Å². The molecular weight excluding hydrogens is 305 g/mol. The molecule has 62 valence electrons. The minimum absolute atomic E-state index is 0.776. The first-order valence-electron chi connectivity index (χ1n) is 3.31. The minimum atomic E-state index is 0.776. The van der Waals surface area contributed by atoms with Gasteiger partial charge in [0, 0.05) is 16.1 Å². The Morgan fingerprint density at radius 3 is 2.83 bits per heavy atom. The molecule has 1 aromatic heterocycles. The minimum Gasteiger partial charge on any atom is -0.398 e. The first kappa shape index (κ1) is 8.59. The molecule has 0 saturated heterocycles. The van der Waals surface area contributed by atoms with Crippen LogP contribution in [0.25, 0.3) is 10.1 Å². The Balaban J connectivity index is 2.93. The van der Waals surface area contributed by atoms with E-state index in [1.165, 1.54) is 2.88 Å². The summed E-state index contributed by atoms with van der Waals surface area (Å²) in [4.78, 5) is 0. The molecule has 0 atom stereocenters. The third kappa shape index (κ3) is 1.30. The molecule has 2 aromatic rings. The largest absolute Gasteiger partial charge is 0.398 e. The average molecular weight is 310 g/mol. The van der Waals surface area contributed by atoms with Crippen LogP contribution in [0.5, 0.6) is 0 Å². The molecule has 12 heavy (non-hydrogen) atoms. The van der Waals surface area contributed by atoms with Crippen LogP contribution in [0.4, 0.5) is 5.69 Å². The molecule has 1 aromatic carbocycles. The van der Waals surface area contributed by atoms with Crippen molar-refractivity contribution in [2.75, 3.05) is 5.73 Å². The van der Waals surface area contributed by atoms with Gasteiger partial charge in [0.15, 0.2) is 0 Å². The topological polar surface area (TPSA) is 26.0 Å². The van der Waals surface area contributed by atoms with E-state index in [-0.39, 0.29) is 0 Å². The molecule has 1 nitrogen and oxygen atoms in total. The average Bonchev–Trinajstić information content (AvgIpc) is 2.41. The monoisotopic (exact) mass is 309 g/mol. The summed E-state index contributed by atoms with van der Waals surface area (Å²) in [5.74, 6) is 0. The zero-order valence-electron chi connectivity index (χ0n) is 5.97. The van der Waals surface area contributed by atoms with Crippen molar-refractivity contribution in [2.45, 2.75) is 0 Å². The normalized spacial score (nSPS) is 10.8. The van der Waals surface area contributed by atoms with E-state index in [1.807, 2.05) is 12.1 Å². The van der Waals surface area contributed by atoms with Crippen molar-refractivity contribution in [1.29, 1.82) is 0 Å². The molecule has 0 bridgehead atoms. The summed E-state index contributed by atoms with van der Waals surface area (Å²) in [6.45, 7) is 0. The fraction of sp³-hybridized carbons (Fsp3) is 0. The Kier molecular flexibility index (Phi) is 2.18. The zero-order chi connectivity index (χ0) is 8.72. The fourth-order valence-electron chi connectivity index (χ4n) is 1.08. The summed E-state index contributed by atoms with van der Waals surface area (Å²) >= 11 is 9.93. The van der Waals surface area contributed by atoms with Gasteiger partial charge in [-0.15, -0.1) is 11.3 Å². The van der Waals surface area contributed by atoms with Crippen LogP contribution in [0.3, 0.4) is 0 Å². The standard InChI is InChI=1S/C8H5ClINS/c9-5-1-2-6(11)8-4(5)3-7(10)12-8/h1-3H,11H2. The van der Waals surface area contributed by atoms with E-state index in [9.17, 15) is 0 Å². The van der Waals surface area contributed by atoms with Gasteiger partial charge in [0.05, 0.1) is 7.58 Å². The molecule has 4 heteroatoms. The molecule has 0 unspecified atom stereocenters. The molecular formula is C8H5ClINS. The van der Waals surface area contributed by atoms with Crippen molar-refractivity contribution in [3.8, 4) is 0 Å². The van der Waals surface area contributed by atoms with Crippen LogP contribution in [0.1, 0.15) is 0 Å². The number of benzene rings is 1. The van der Waals surface area contributed by atoms with Crippen molar-refractivity contribution >= 4 is 61.3 Å². The molecule has 0 spiro atoms. The molecule has 0 fully saturated rings. The summed E-state index contributed by atoms with van der Waals surface area (Å²) in [5, 5.41) is 1.84. The summed E-state index contributed by atoms with van der Waals surface area (Å²) in [6.07, 6.45) is 0. The maximum atomic E-state index is 5.99. The highest BCUT2D eigenvalue weighted by Crippen LogP contribution is 2.35. The molecule has 2 rings (SSSR count). The van der Waals surface area contributed by atoms with Gasteiger partial charge >= 0.3 is 0 Å². The smallest absolute Gasteiger partial charge is 0.0667 e. The van der Waals surface area contributed by atoms with Gasteiger partial charge in [-0.25, -0.2) is 0 Å². The predicted molar refractivity (Wildman–Crippen MR) is 64.0 cm³/mol. The van der Waals surface area contributed by atoms with E-state index in [1.54, 1.807) is 11.3 Å². The summed E-state index contributed by atoms with van der Waals surface area (Å²) in [6, 6.07) is 5.73. The molecule has 0 aliphatic carbocycles. The fourth-order valence-corrected chi connectivity index (χ4v) is 3.16. The van der Waals surface area contributed by atoms with Crippen molar-refractivity contribution in [2.24, 2.45) is 0 Å². The van der Waals surface area contributed by atoms with Gasteiger partial charge < -0.3 is 5.73 Å². The second-order valence-corrected chi connectivity index (χ2v) is 5.78. The number of anilines is 1. The van der Waals surface area contributed by atoms with Crippen molar-refractivity contribution < 1.29 is 0 Å². The molecule has 0 radical (unpaired) electrons. The van der Waals surface area contributed by atoms with Gasteiger partial charge in [0.25, 0.3) is 0 Å². The van der Waals surface area contributed by atoms with E-state index in [4.69, 9.17) is 17.3 Å². The van der Waals surface area contributed by atoms with Crippen LogP contribution >= 0.6 is 45.5 Å². The number of fused-ring (bicyclic) bond motifs is 1. The van der Waals surface area contributed by atoms with Gasteiger partial charge in [-0.3, -0.25) is 0 Å². The number of halogens is 2. The van der Waals surface area contributed by atoms with Crippen molar-refractivity contribution in [1.82, 2.24) is 0 Å². The van der Waals surface area contributed by atoms with Crippen LogP contribution in [0.2, 0.25) is 5.02 Å². The maximum Gasteiger partial charge on any atom is 0.0667 e. The Hall–Kier alpha value is -0.0000000000000000833. The lowest BCUT2D eigenvalue weighted by atomic mass is 10.2. The Morgan fingerprint density at radius 1 is 1.42 bits per heavy atom. The van der Waals surface area contributed by atoms with Crippen molar-refractivity contribution in [3.63, 3.8) is 0 Å². The first-order chi connectivity index (χ1) is 5.68. The maximum absolute atomic E-state index is 5.99. The highest BCUT2D eigenvalue weighted by Gasteiger charge is 2.05. The molecule has 2 N–H and O–H groups in total. The third-order valence-corrected chi connectivity index (χ3v) is 3.90. The highest BCUT2D eigenvalue weighted by atomic mass is 127. The van der Waals surface area contributed by atoms with Crippen LogP contribution in [0.15, 0.2) is 18.2 Å². The van der Waals surface area contributed by atoms with Gasteiger partial charge in [-0.2, -0.15) is 0 Å². The molecule has 1 heterocycles. The number of hydrogen-bond donors (Lipinski definition) is 1. The number of thiophene rings is 1. The van der Waals surface area contributed by atoms with E-state index in [0.29, 0.717) is 0 Å². The van der Waals surface area contributed by atoms with E-state index in [2.05, 4.69) is 28.7 Å². The first-order valence-corrected chi connectivity index (χ1v) is 5.59. The quantitative estimate of drug-likeness (QED) is 0.582. The number of nitrogen functional groups attached to an aromatic ring is 1. The van der Waals surface area contributed by atoms with Crippen LogP contribution in [-0.2, 0) is 0 Å². The summed E-state index contributed by atoms with van der Waals surface area (Å²) in [5.41, 5.74) is 6.59. The van der Waals surface area contributed by atoms with E-state index in [0.717, 1.165) is 20.8 Å². The number of rotatable bonds is 0. The number of hydrogen-bond acceptors (Lipinski definition) is 2. The van der Waals surface area contributed by atoms with Gasteiger partial charge in [0.1, 0.15) is 0 Å². The Labute approximate surface area is 92.7 Å². The lowest BCUT2D eigenvalue weighted by Crippen LogP contribution is -1.82. The van der Waals surface area contributed by atoms with Gasteiger partial charge in [-0.05, 0) is 40.8 Å². The second-order valence-electron chi connectivity index (χ2n) is 2.43. The lowest BCUT2D eigenvalue weighted by Gasteiger charge is -1.96. The summed E-state index contributed by atoms with van der Waals surface area (Å²) < 4.78 is 2.30. The second kappa shape index (κ2) is 3.05. The molecule has 0 aliphatic heterocycles. The third-order valence-electron chi connectivity index (χ3n) is 1.63. The van der Waals surface area contributed by atoms with Crippen molar-refractivity contribution in [3.05, 3.63) is 26.1 Å². The van der Waals surface area contributed by atoms with Crippen LogP contribution in [-0.4, -0.2) is 0 Å².